The summed E-state index contributed by atoms with van der Waals surface area (Å²) in [6, 6.07) is 0.259. The molecule has 19 heavy (non-hydrogen) atoms. The van der Waals surface area contributed by atoms with Crippen molar-refractivity contribution < 1.29 is 17.9 Å². The fraction of sp³-hybridized carbons (Fsp3) is 0.364. The third kappa shape index (κ3) is 2.68. The van der Waals surface area contributed by atoms with E-state index >= 15 is 0 Å². The number of nitrogens with two attached hydrogens (primary N) is 1. The average Bonchev–Trinajstić information content (AvgIpc) is 2.72. The van der Waals surface area contributed by atoms with Gasteiger partial charge in [0.2, 0.25) is 0 Å². The largest absolute Gasteiger partial charge is 0.417 e. The molecule has 2 aromatic rings. The number of fused-ring (bicyclic) bond motifs is 1. The Balaban J connectivity index is 2.60. The molecule has 2 rings (SSSR count). The van der Waals surface area contributed by atoms with Crippen LogP contribution in [-0.4, -0.2) is 23.1 Å². The lowest BCUT2D eigenvalue weighted by Gasteiger charge is -2.13. The molecule has 0 amide bonds. The van der Waals surface area contributed by atoms with E-state index in [9.17, 15) is 13.2 Å². The van der Waals surface area contributed by atoms with Crippen LogP contribution in [0.4, 0.5) is 13.2 Å². The molecule has 2 aromatic heterocycles. The lowest BCUT2D eigenvalue weighted by atomic mass is 10.2. The second-order valence-electron chi connectivity index (χ2n) is 4.01. The van der Waals surface area contributed by atoms with Crippen LogP contribution in [0.25, 0.3) is 5.65 Å². The standard InChI is InChI=1S/C11H11ClF3N3O/c1-19-5-8(16)9-3-17-10-7(12)2-6(4-18(9)10)11(13,14)15/h2-4,8H,5,16H2,1H3. The van der Waals surface area contributed by atoms with Gasteiger partial charge in [0.15, 0.2) is 5.65 Å². The molecule has 4 nitrogen and oxygen atoms in total. The van der Waals surface area contributed by atoms with E-state index in [4.69, 9.17) is 22.1 Å². The highest BCUT2D eigenvalue weighted by Crippen LogP contribution is 2.32. The van der Waals surface area contributed by atoms with Crippen molar-refractivity contribution in [2.45, 2.75) is 12.2 Å². The molecule has 1 atom stereocenters. The van der Waals surface area contributed by atoms with Crippen molar-refractivity contribution >= 4 is 17.2 Å². The number of pyridine rings is 1. The van der Waals surface area contributed by atoms with Gasteiger partial charge in [0.25, 0.3) is 0 Å². The van der Waals surface area contributed by atoms with E-state index in [0.717, 1.165) is 12.3 Å². The van der Waals surface area contributed by atoms with Crippen molar-refractivity contribution in [2.24, 2.45) is 5.73 Å². The minimum atomic E-state index is -4.48. The molecule has 2 heterocycles. The number of hydrogen-bond acceptors (Lipinski definition) is 3. The molecule has 0 aliphatic heterocycles. The first-order valence-corrected chi connectivity index (χ1v) is 5.70. The van der Waals surface area contributed by atoms with Crippen LogP contribution in [0.1, 0.15) is 17.3 Å². The summed E-state index contributed by atoms with van der Waals surface area (Å²) in [6.07, 6.45) is -2.16. The molecule has 8 heteroatoms. The fourth-order valence-electron chi connectivity index (χ4n) is 1.76. The summed E-state index contributed by atoms with van der Waals surface area (Å²) in [4.78, 5) is 3.97. The van der Waals surface area contributed by atoms with Crippen molar-refractivity contribution in [2.75, 3.05) is 13.7 Å². The Morgan fingerprint density at radius 2 is 2.21 bits per heavy atom. The van der Waals surface area contributed by atoms with E-state index < -0.39 is 17.8 Å². The number of ether oxygens (including phenoxy) is 1. The van der Waals surface area contributed by atoms with Gasteiger partial charge in [0.1, 0.15) is 0 Å². The highest BCUT2D eigenvalue weighted by atomic mass is 35.5. The van der Waals surface area contributed by atoms with Gasteiger partial charge in [0.05, 0.1) is 35.1 Å². The van der Waals surface area contributed by atoms with Gasteiger partial charge in [-0.2, -0.15) is 13.2 Å². The Hall–Kier alpha value is -1.31. The second kappa shape index (κ2) is 4.99. The van der Waals surface area contributed by atoms with E-state index in [1.165, 1.54) is 17.7 Å². The number of aromatic nitrogens is 2. The van der Waals surface area contributed by atoms with E-state index in [-0.39, 0.29) is 17.3 Å². The van der Waals surface area contributed by atoms with Crippen LogP contribution in [0, 0.1) is 0 Å². The SMILES string of the molecule is COCC(N)c1cnc2c(Cl)cc(C(F)(F)F)cn12. The summed E-state index contributed by atoms with van der Waals surface area (Å²) in [7, 11) is 1.46. The number of imidazole rings is 1. The third-order valence-electron chi connectivity index (χ3n) is 2.64. The number of hydrogen-bond donors (Lipinski definition) is 1. The van der Waals surface area contributed by atoms with Crippen LogP contribution in [0.2, 0.25) is 5.02 Å². The summed E-state index contributed by atoms with van der Waals surface area (Å²) in [5.74, 6) is 0. The molecule has 2 N–H and O–H groups in total. The van der Waals surface area contributed by atoms with Gasteiger partial charge in [0, 0.05) is 13.3 Å². The zero-order valence-electron chi connectivity index (χ0n) is 9.91. The maximum atomic E-state index is 12.7. The lowest BCUT2D eigenvalue weighted by molar-refractivity contribution is -0.137. The Morgan fingerprint density at radius 1 is 1.53 bits per heavy atom. The van der Waals surface area contributed by atoms with Gasteiger partial charge in [-0.25, -0.2) is 4.98 Å². The monoisotopic (exact) mass is 293 g/mol. The van der Waals surface area contributed by atoms with Gasteiger partial charge in [-0.05, 0) is 6.07 Å². The van der Waals surface area contributed by atoms with Crippen molar-refractivity contribution in [1.29, 1.82) is 0 Å². The van der Waals surface area contributed by atoms with Crippen LogP contribution in [0.15, 0.2) is 18.5 Å². The molecular weight excluding hydrogens is 283 g/mol. The Morgan fingerprint density at radius 3 is 2.79 bits per heavy atom. The summed E-state index contributed by atoms with van der Waals surface area (Å²) in [6.45, 7) is 0.168. The minimum absolute atomic E-state index is 0.0781. The van der Waals surface area contributed by atoms with E-state index in [1.807, 2.05) is 0 Å². The van der Waals surface area contributed by atoms with E-state index in [2.05, 4.69) is 4.98 Å². The zero-order chi connectivity index (χ0) is 14.2. The molecule has 0 bridgehead atoms. The lowest BCUT2D eigenvalue weighted by Crippen LogP contribution is -2.18. The van der Waals surface area contributed by atoms with Crippen LogP contribution in [0.3, 0.4) is 0 Å². The van der Waals surface area contributed by atoms with Gasteiger partial charge in [-0.1, -0.05) is 11.6 Å². The quantitative estimate of drug-likeness (QED) is 0.946. The Labute approximate surface area is 111 Å². The highest BCUT2D eigenvalue weighted by molar-refractivity contribution is 6.33. The van der Waals surface area contributed by atoms with Crippen molar-refractivity contribution in [3.05, 3.63) is 34.7 Å². The number of halogens is 4. The van der Waals surface area contributed by atoms with Crippen LogP contribution in [-0.2, 0) is 10.9 Å². The van der Waals surface area contributed by atoms with Gasteiger partial charge >= 0.3 is 6.18 Å². The fourth-order valence-corrected chi connectivity index (χ4v) is 2.02. The second-order valence-corrected chi connectivity index (χ2v) is 4.42. The van der Waals surface area contributed by atoms with Crippen molar-refractivity contribution in [3.63, 3.8) is 0 Å². The van der Waals surface area contributed by atoms with Gasteiger partial charge in [-0.15, -0.1) is 0 Å². The minimum Gasteiger partial charge on any atom is -0.383 e. The van der Waals surface area contributed by atoms with E-state index in [0.29, 0.717) is 5.69 Å². The molecular formula is C11H11ClF3N3O. The normalized spacial score (nSPS) is 14.0. The molecule has 0 saturated carbocycles. The highest BCUT2D eigenvalue weighted by Gasteiger charge is 2.32. The first kappa shape index (κ1) is 14.1. The predicted octanol–water partition coefficient (Wildman–Crippen LogP) is 2.65. The van der Waals surface area contributed by atoms with Gasteiger partial charge < -0.3 is 14.9 Å². The zero-order valence-corrected chi connectivity index (χ0v) is 10.7. The molecule has 1 unspecified atom stereocenters. The average molecular weight is 294 g/mol. The van der Waals surface area contributed by atoms with Crippen LogP contribution < -0.4 is 5.73 Å². The molecule has 104 valence electrons. The summed E-state index contributed by atoms with van der Waals surface area (Å²) in [5, 5.41) is -0.0781. The van der Waals surface area contributed by atoms with Gasteiger partial charge in [-0.3, -0.25) is 0 Å². The molecule has 0 aliphatic carbocycles. The topological polar surface area (TPSA) is 52.5 Å². The molecule has 0 aliphatic rings. The summed E-state index contributed by atoms with van der Waals surface area (Å²) < 4.78 is 44.3. The first-order chi connectivity index (χ1) is 8.84. The number of nitrogens with zero attached hydrogens (tertiary/aromatic N) is 2. The molecule has 0 fully saturated rings. The van der Waals surface area contributed by atoms with E-state index in [1.54, 1.807) is 0 Å². The third-order valence-corrected chi connectivity index (χ3v) is 2.92. The number of rotatable bonds is 3. The Bertz CT molecular complexity index is 597. The number of methoxy groups -OCH3 is 1. The maximum absolute atomic E-state index is 12.7. The van der Waals surface area contributed by atoms with Crippen molar-refractivity contribution in [1.82, 2.24) is 9.38 Å². The summed E-state index contributed by atoms with van der Waals surface area (Å²) in [5.41, 5.74) is 5.60. The van der Waals surface area contributed by atoms with Crippen LogP contribution in [0.5, 0.6) is 0 Å². The Kier molecular flexibility index (Phi) is 3.71. The maximum Gasteiger partial charge on any atom is 0.417 e. The van der Waals surface area contributed by atoms with Crippen molar-refractivity contribution in [3.8, 4) is 0 Å². The smallest absolute Gasteiger partial charge is 0.383 e. The molecule has 0 spiro atoms. The molecule has 0 aromatic carbocycles. The summed E-state index contributed by atoms with van der Waals surface area (Å²) >= 11 is 5.81. The number of alkyl halides is 3. The molecule has 0 radical (unpaired) electrons. The first-order valence-electron chi connectivity index (χ1n) is 5.33. The predicted molar refractivity (Wildman–Crippen MR) is 64.0 cm³/mol. The van der Waals surface area contributed by atoms with Crippen LogP contribution >= 0.6 is 11.6 Å². The molecule has 0 saturated heterocycles.